The van der Waals surface area contributed by atoms with Gasteiger partial charge in [-0.25, -0.2) is 29.9 Å². The molecule has 8 bridgehead atoms. The van der Waals surface area contributed by atoms with E-state index in [0.29, 0.717) is 57.4 Å². The van der Waals surface area contributed by atoms with Crippen LogP contribution in [0.2, 0.25) is 0 Å². The molecule has 0 saturated carbocycles. The second-order valence-electron chi connectivity index (χ2n) is 45.6. The van der Waals surface area contributed by atoms with Gasteiger partial charge in [-0.15, -0.1) is 0 Å². The Hall–Kier alpha value is -7.72. The van der Waals surface area contributed by atoms with E-state index in [-0.39, 0.29) is 0 Å². The monoisotopic (exact) mass is 1820 g/mol. The van der Waals surface area contributed by atoms with Crippen LogP contribution in [0.4, 0.5) is 0 Å². The Labute approximate surface area is 815 Å². The summed E-state index contributed by atoms with van der Waals surface area (Å²) in [5, 5.41) is 29.2. The molecule has 734 valence electrons. The number of phenolic OH excluding ortho intramolecular Hbond substituents is 2. The molecule has 0 saturated heterocycles. The van der Waals surface area contributed by atoms with Crippen molar-refractivity contribution in [1.29, 1.82) is 0 Å². The largest absolute Gasteiger partial charge is 0.507 e. The maximum absolute atomic E-state index is 12.8. The first-order chi connectivity index (χ1) is 64.8. The fraction of sp³-hybridized carbons (Fsp3) is 0.645. The number of H-pyrrole nitrogens is 2. The third kappa shape index (κ3) is 31.7. The number of hydrogen-bond donors (Lipinski definition) is 4. The molecular weight excluding hydrogens is 1630 g/mol. The molecule has 0 fully saturated rings. The van der Waals surface area contributed by atoms with Crippen LogP contribution in [0.3, 0.4) is 0 Å². The van der Waals surface area contributed by atoms with Crippen molar-refractivity contribution in [2.75, 3.05) is 0 Å². The first-order valence-electron chi connectivity index (χ1n) is 56.0. The first-order valence-corrected chi connectivity index (χ1v) is 56.0. The van der Waals surface area contributed by atoms with E-state index < -0.39 is 21.7 Å². The summed E-state index contributed by atoms with van der Waals surface area (Å²) in [6.07, 6.45) is 78.6. The van der Waals surface area contributed by atoms with E-state index in [2.05, 4.69) is 206 Å². The van der Waals surface area contributed by atoms with Gasteiger partial charge in [-0.2, -0.15) is 0 Å². The Balaban J connectivity index is 1.09. The third-order valence-electron chi connectivity index (χ3n) is 29.8. The summed E-state index contributed by atoms with van der Waals surface area (Å²) in [7, 11) is 0. The number of phenols is 2. The summed E-state index contributed by atoms with van der Waals surface area (Å²) < 4.78 is 0. The molecule has 0 amide bonds. The Bertz CT molecular complexity index is 5130. The van der Waals surface area contributed by atoms with Crippen LogP contribution in [-0.4, -0.2) is 50.1 Å². The summed E-state index contributed by atoms with van der Waals surface area (Å²) in [5.74, 6) is 3.16. The number of benzene rings is 6. The Morgan fingerprint density at radius 3 is 0.687 bits per heavy atom. The average molecular weight is 1820 g/mol. The lowest BCUT2D eigenvalue weighted by atomic mass is 9.75. The van der Waals surface area contributed by atoms with E-state index in [9.17, 15) is 10.2 Å². The van der Waals surface area contributed by atoms with Crippen LogP contribution in [-0.2, 0) is 47.3 Å². The number of nitrogens with one attached hydrogen (secondary N) is 2. The quantitative estimate of drug-likeness (QED) is 0.0275. The molecule has 0 unspecified atom stereocenters. The summed E-state index contributed by atoms with van der Waals surface area (Å²) >= 11 is 0. The van der Waals surface area contributed by atoms with Crippen LogP contribution in [0, 0.1) is 0 Å². The van der Waals surface area contributed by atoms with E-state index in [1.807, 2.05) is 0 Å². The highest BCUT2D eigenvalue weighted by Gasteiger charge is 2.34. The molecule has 0 radical (unpaired) electrons. The van der Waals surface area contributed by atoms with Gasteiger partial charge in [0.1, 0.15) is 34.1 Å². The van der Waals surface area contributed by atoms with Crippen LogP contribution in [0.5, 0.6) is 11.5 Å². The average Bonchev–Trinajstić information content (AvgIpc) is 1.40. The molecule has 11 rings (SSSR count). The molecule has 5 heterocycles. The third-order valence-corrected chi connectivity index (χ3v) is 29.8. The van der Waals surface area contributed by atoms with E-state index >= 15 is 0 Å². The Kier molecular flexibility index (Phi) is 43.5. The van der Waals surface area contributed by atoms with Gasteiger partial charge >= 0.3 is 0 Å². The van der Waals surface area contributed by atoms with Gasteiger partial charge in [-0.3, -0.25) is 0 Å². The van der Waals surface area contributed by atoms with E-state index in [4.69, 9.17) is 29.9 Å². The van der Waals surface area contributed by atoms with Gasteiger partial charge in [0.2, 0.25) is 0 Å². The van der Waals surface area contributed by atoms with Crippen LogP contribution in [0.25, 0.3) is 112 Å². The molecule has 3 aromatic heterocycles. The lowest BCUT2D eigenvalue weighted by Crippen LogP contribution is -2.18. The molecule has 10 nitrogen and oxygen atoms in total. The molecule has 2 aliphatic rings. The van der Waals surface area contributed by atoms with Gasteiger partial charge in [0, 0.05) is 71.6 Å². The fourth-order valence-electron chi connectivity index (χ4n) is 21.5. The number of nitrogens with zero attached hydrogens (tertiary/aromatic N) is 6. The van der Waals surface area contributed by atoms with Gasteiger partial charge in [0.25, 0.3) is 0 Å². The normalized spacial score (nSPS) is 12.5. The van der Waals surface area contributed by atoms with Gasteiger partial charge < -0.3 is 20.2 Å². The number of hydrogen-bond acceptors (Lipinski definition) is 8. The fourth-order valence-corrected chi connectivity index (χ4v) is 21.5. The molecule has 4 N–H and O–H groups in total. The standard InChI is InChI=1S/C124H186N8O2/c1-17-21-25-29-33-37-41-45-49-53-57-61-65-69-75-91-83-101-102(84-92(91)76-70-66-62-58-54-50-46-42-38-34-30-26-22-18-2)118-128-115-100-82-81-97(95-87-105(121(5,6)7)111(133)106(88-95)122(8,9)10)109(96-89-107(123(11,12)13)112(134)108(90-96)124(14,15)16)110(100)120(131-115)132-119-104-86-94(78-72-68-64-60-56-52-48-44-40-36-32-28-24-20-4)93(77-71-67-63-59-55-51-47-43-39-35-31-27-23-19-3)85-103(104)117(130-119)127-114-99-80-74-73-79-98(99)113(125-114)126-116(101)129-118/h73-74,79-90,133-134H,17-72,75-78H2,1-16H3,(H2,125,126,127,128,129,130,131,132). The van der Waals surface area contributed by atoms with Crippen molar-refractivity contribution >= 4 is 44.1 Å². The second kappa shape index (κ2) is 54.6. The van der Waals surface area contributed by atoms with Crippen LogP contribution in [0.1, 0.15) is 515 Å². The number of fused-ring (bicyclic) bond motifs is 20. The molecule has 2 aliphatic heterocycles. The van der Waals surface area contributed by atoms with Crippen LogP contribution < -0.4 is 0 Å². The predicted molar refractivity (Wildman–Crippen MR) is 581 cm³/mol. The molecule has 0 atom stereocenters. The zero-order valence-electron chi connectivity index (χ0n) is 88.1. The number of aromatic nitrogens is 8. The first kappa shape index (κ1) is 107. The summed E-state index contributed by atoms with van der Waals surface area (Å²) in [5.41, 5.74) is 18.0. The topological polar surface area (TPSA) is 149 Å². The highest BCUT2D eigenvalue weighted by atomic mass is 16.3. The Morgan fingerprint density at radius 1 is 0.224 bits per heavy atom. The minimum absolute atomic E-state index is 0.324. The SMILES string of the molecule is CCCCCCCCCCCCCCCCc1cc2c(cc1CCCCCCCCCCCCCCCC)-c1nc-2nc2[nH]c(nc3nc(nc4[nH]c(n1)c1ccc(-c5cc(C(C)(C)C)c(O)c(C(C)(C)C)c5)c(-c5cc(C(C)(C)C)c(O)c(C(C)(C)C)c5)c41)-c1cc(CCCCCCCCCCCCCCCC)c(CCCCCCCCCCCCCCCC)cc1-3)c1ccccc21. The predicted octanol–water partition coefficient (Wildman–Crippen LogP) is 38.9. The summed E-state index contributed by atoms with van der Waals surface area (Å²) in [6, 6.07) is 32.1. The van der Waals surface area contributed by atoms with Crippen molar-refractivity contribution in [2.45, 2.75) is 518 Å². The highest BCUT2D eigenvalue weighted by molar-refractivity contribution is 6.16. The smallest absolute Gasteiger partial charge is 0.164 e. The molecular formula is C124H186N8O2. The minimum Gasteiger partial charge on any atom is -0.507 e. The maximum Gasteiger partial charge on any atom is 0.164 e. The van der Waals surface area contributed by atoms with Crippen molar-refractivity contribution in [3.8, 4) is 79.3 Å². The second-order valence-corrected chi connectivity index (χ2v) is 45.6. The molecule has 9 aromatic rings. The van der Waals surface area contributed by atoms with Crippen molar-refractivity contribution in [3.63, 3.8) is 0 Å². The van der Waals surface area contributed by atoms with Crippen molar-refractivity contribution < 1.29 is 10.2 Å². The molecule has 134 heavy (non-hydrogen) atoms. The lowest BCUT2D eigenvalue weighted by Gasteiger charge is -2.30. The highest BCUT2D eigenvalue weighted by Crippen LogP contribution is 2.51. The summed E-state index contributed by atoms with van der Waals surface area (Å²) in [6.45, 7) is 35.8. The maximum atomic E-state index is 12.8. The number of aryl methyl sites for hydroxylation is 4. The molecule has 0 aliphatic carbocycles. The summed E-state index contributed by atoms with van der Waals surface area (Å²) in [4.78, 5) is 43.2. The van der Waals surface area contributed by atoms with E-state index in [1.54, 1.807) is 0 Å². The van der Waals surface area contributed by atoms with Gasteiger partial charge in [-0.05, 0) is 167 Å². The lowest BCUT2D eigenvalue weighted by molar-refractivity contribution is 0.422. The number of aromatic amines is 2. The van der Waals surface area contributed by atoms with Crippen molar-refractivity contribution in [1.82, 2.24) is 39.9 Å². The zero-order chi connectivity index (χ0) is 95.3. The number of unbranched alkanes of at least 4 members (excludes halogenated alkanes) is 52. The zero-order valence-corrected chi connectivity index (χ0v) is 88.1. The molecule has 6 aromatic carbocycles. The van der Waals surface area contributed by atoms with Crippen molar-refractivity contribution in [2.24, 2.45) is 0 Å². The van der Waals surface area contributed by atoms with Crippen LogP contribution >= 0.6 is 0 Å². The molecule has 10 heteroatoms. The van der Waals surface area contributed by atoms with Gasteiger partial charge in [0.05, 0.1) is 0 Å². The minimum atomic E-state index is -0.454. The van der Waals surface area contributed by atoms with Gasteiger partial charge in [0.15, 0.2) is 23.3 Å². The van der Waals surface area contributed by atoms with Crippen molar-refractivity contribution in [3.05, 3.63) is 129 Å². The van der Waals surface area contributed by atoms with Crippen LogP contribution in [0.15, 0.2) is 84.9 Å². The Morgan fingerprint density at radius 2 is 0.440 bits per heavy atom. The molecule has 0 spiro atoms. The number of rotatable bonds is 62. The van der Waals surface area contributed by atoms with E-state index in [0.717, 1.165) is 140 Å². The van der Waals surface area contributed by atoms with Gasteiger partial charge in [-0.1, -0.05) is 475 Å². The van der Waals surface area contributed by atoms with E-state index in [1.165, 1.54) is 356 Å². The number of aromatic hydroxyl groups is 2.